The molecule has 2 N–H and O–H groups in total. The second kappa shape index (κ2) is 11.3. The molecule has 3 amide bonds. The Balaban J connectivity index is 1.76. The number of hydrogen-bond acceptors (Lipinski definition) is 4. The van der Waals surface area contributed by atoms with E-state index in [0.29, 0.717) is 11.4 Å². The Kier molecular flexibility index (Phi) is 7.92. The molecule has 182 valence electrons. The maximum Gasteiger partial charge on any atom is 0.248 e. The van der Waals surface area contributed by atoms with Gasteiger partial charge in [-0.3, -0.25) is 19.3 Å². The van der Waals surface area contributed by atoms with Crippen molar-refractivity contribution in [1.29, 1.82) is 0 Å². The minimum atomic E-state index is -1.18. The second-order valence-electron chi connectivity index (χ2n) is 8.66. The van der Waals surface area contributed by atoms with Crippen LogP contribution in [-0.4, -0.2) is 23.8 Å². The van der Waals surface area contributed by atoms with Gasteiger partial charge >= 0.3 is 0 Å². The van der Waals surface area contributed by atoms with Gasteiger partial charge in [-0.2, -0.15) is 0 Å². The Bertz CT molecular complexity index is 1170. The molecule has 2 aromatic carbocycles. The maximum atomic E-state index is 15.1. The largest absolute Gasteiger partial charge is 0.351 e. The maximum absolute atomic E-state index is 15.1. The van der Waals surface area contributed by atoms with Gasteiger partial charge in [-0.1, -0.05) is 37.1 Å². The molecule has 0 aliphatic heterocycles. The number of amides is 3. The van der Waals surface area contributed by atoms with Crippen LogP contribution >= 0.6 is 11.3 Å². The van der Waals surface area contributed by atoms with Crippen LogP contribution in [0.3, 0.4) is 0 Å². The summed E-state index contributed by atoms with van der Waals surface area (Å²) in [5.74, 6) is -1.51. The van der Waals surface area contributed by atoms with Crippen LogP contribution in [0.5, 0.6) is 0 Å². The van der Waals surface area contributed by atoms with Crippen molar-refractivity contribution in [2.45, 2.75) is 51.1 Å². The van der Waals surface area contributed by atoms with Gasteiger partial charge in [0.2, 0.25) is 17.7 Å². The van der Waals surface area contributed by atoms with Crippen molar-refractivity contribution in [2.24, 2.45) is 0 Å². The molecule has 6 nitrogen and oxygen atoms in total. The van der Waals surface area contributed by atoms with Crippen molar-refractivity contribution in [1.82, 2.24) is 5.32 Å². The minimum absolute atomic E-state index is 0.00756. The summed E-state index contributed by atoms with van der Waals surface area (Å²) in [7, 11) is 0. The number of thiophene rings is 1. The predicted octanol–water partition coefficient (Wildman–Crippen LogP) is 5.22. The van der Waals surface area contributed by atoms with E-state index in [4.69, 9.17) is 0 Å². The first kappa shape index (κ1) is 24.6. The van der Waals surface area contributed by atoms with E-state index in [0.717, 1.165) is 30.6 Å². The number of hydrogen-bond donors (Lipinski definition) is 2. The first-order valence-electron chi connectivity index (χ1n) is 11.7. The van der Waals surface area contributed by atoms with Crippen molar-refractivity contribution in [2.75, 3.05) is 10.2 Å². The van der Waals surface area contributed by atoms with E-state index in [1.54, 1.807) is 42.5 Å². The quantitative estimate of drug-likeness (QED) is 0.452. The van der Waals surface area contributed by atoms with Crippen molar-refractivity contribution in [3.05, 3.63) is 82.3 Å². The average molecular weight is 494 g/mol. The van der Waals surface area contributed by atoms with Crippen molar-refractivity contribution < 1.29 is 18.8 Å². The highest BCUT2D eigenvalue weighted by Crippen LogP contribution is 2.32. The van der Waals surface area contributed by atoms with E-state index in [1.165, 1.54) is 29.2 Å². The van der Waals surface area contributed by atoms with Gasteiger partial charge in [-0.15, -0.1) is 11.3 Å². The molecule has 1 aliphatic carbocycles. The van der Waals surface area contributed by atoms with Gasteiger partial charge in [0.1, 0.15) is 11.9 Å². The summed E-state index contributed by atoms with van der Waals surface area (Å²) in [5, 5.41) is 7.64. The molecule has 0 radical (unpaired) electrons. The monoisotopic (exact) mass is 493 g/mol. The molecule has 1 fully saturated rings. The molecule has 0 spiro atoms. The number of anilines is 2. The van der Waals surface area contributed by atoms with E-state index in [2.05, 4.69) is 10.6 Å². The highest BCUT2D eigenvalue weighted by atomic mass is 32.1. The van der Waals surface area contributed by atoms with E-state index >= 15 is 4.39 Å². The lowest BCUT2D eigenvalue weighted by atomic mass is 10.0. The van der Waals surface area contributed by atoms with Crippen molar-refractivity contribution in [3.63, 3.8) is 0 Å². The Morgan fingerprint density at radius 2 is 1.74 bits per heavy atom. The second-order valence-corrected chi connectivity index (χ2v) is 9.69. The number of benzene rings is 2. The molecule has 1 aliphatic rings. The molecule has 35 heavy (non-hydrogen) atoms. The zero-order valence-corrected chi connectivity index (χ0v) is 20.3. The lowest BCUT2D eigenvalue weighted by molar-refractivity contribution is -0.127. The molecule has 1 unspecified atom stereocenters. The van der Waals surface area contributed by atoms with E-state index in [-0.39, 0.29) is 29.8 Å². The van der Waals surface area contributed by atoms with Crippen LogP contribution in [0, 0.1) is 5.82 Å². The Morgan fingerprint density at radius 1 is 1.03 bits per heavy atom. The third-order valence-electron chi connectivity index (χ3n) is 6.05. The highest BCUT2D eigenvalue weighted by molar-refractivity contribution is 7.10. The molecule has 1 heterocycles. The molecule has 1 saturated carbocycles. The third-order valence-corrected chi connectivity index (χ3v) is 6.92. The molecular weight excluding hydrogens is 465 g/mol. The summed E-state index contributed by atoms with van der Waals surface area (Å²) in [4.78, 5) is 41.0. The number of nitrogens with one attached hydrogen (secondary N) is 2. The standard InChI is InChI=1S/C27H28FN3O3S/c1-18(32)29-20-12-14-21(15-13-20)31(25(33)17-22-9-6-16-35-22)26(23-10-4-5-11-24(23)28)27(34)30-19-7-2-3-8-19/h4-6,9-16,19,26H,2-3,7-8,17H2,1H3,(H,29,32)(H,30,34). The van der Waals surface area contributed by atoms with E-state index in [9.17, 15) is 14.4 Å². The number of carbonyl (C=O) groups excluding carboxylic acids is 3. The predicted molar refractivity (Wildman–Crippen MR) is 136 cm³/mol. The fraction of sp³-hybridized carbons (Fsp3) is 0.296. The summed E-state index contributed by atoms with van der Waals surface area (Å²) < 4.78 is 15.1. The van der Waals surface area contributed by atoms with Gasteiger partial charge < -0.3 is 10.6 Å². The lowest BCUT2D eigenvalue weighted by Gasteiger charge is -2.32. The number of carbonyl (C=O) groups is 3. The molecule has 8 heteroatoms. The SMILES string of the molecule is CC(=O)Nc1ccc(N(C(=O)Cc2cccs2)C(C(=O)NC2CCCC2)c2ccccc2F)cc1. The van der Waals surface area contributed by atoms with Gasteiger partial charge in [0.15, 0.2) is 0 Å². The molecule has 1 atom stereocenters. The zero-order valence-electron chi connectivity index (χ0n) is 19.5. The lowest BCUT2D eigenvalue weighted by Crippen LogP contribution is -2.47. The van der Waals surface area contributed by atoms with Gasteiger partial charge in [0, 0.05) is 34.8 Å². The fourth-order valence-corrected chi connectivity index (χ4v) is 5.13. The number of rotatable bonds is 8. The van der Waals surface area contributed by atoms with Crippen LogP contribution in [-0.2, 0) is 20.8 Å². The van der Waals surface area contributed by atoms with Crippen LogP contribution in [0.1, 0.15) is 49.1 Å². The summed E-state index contributed by atoms with van der Waals surface area (Å²) >= 11 is 1.45. The van der Waals surface area contributed by atoms with Crippen LogP contribution in [0.15, 0.2) is 66.0 Å². The number of nitrogens with zero attached hydrogens (tertiary/aromatic N) is 1. The fourth-order valence-electron chi connectivity index (χ4n) is 4.44. The first-order chi connectivity index (χ1) is 16.9. The highest BCUT2D eigenvalue weighted by Gasteiger charge is 2.35. The average Bonchev–Trinajstić information content (AvgIpc) is 3.53. The Labute approximate surface area is 208 Å². The van der Waals surface area contributed by atoms with Gasteiger partial charge in [0.25, 0.3) is 0 Å². The van der Waals surface area contributed by atoms with Gasteiger partial charge in [-0.25, -0.2) is 4.39 Å². The molecule has 0 saturated heterocycles. The van der Waals surface area contributed by atoms with Crippen LogP contribution in [0.4, 0.5) is 15.8 Å². The Morgan fingerprint density at radius 3 is 2.37 bits per heavy atom. The first-order valence-corrected chi connectivity index (χ1v) is 12.6. The van der Waals surface area contributed by atoms with Crippen molar-refractivity contribution >= 4 is 40.4 Å². The number of halogens is 1. The summed E-state index contributed by atoms with van der Waals surface area (Å²) in [6.07, 6.45) is 3.86. The minimum Gasteiger partial charge on any atom is -0.351 e. The summed E-state index contributed by atoms with van der Waals surface area (Å²) in [6.45, 7) is 1.41. The molecule has 4 rings (SSSR count). The van der Waals surface area contributed by atoms with E-state index < -0.39 is 17.8 Å². The summed E-state index contributed by atoms with van der Waals surface area (Å²) in [5.41, 5.74) is 1.13. The van der Waals surface area contributed by atoms with Crippen LogP contribution < -0.4 is 15.5 Å². The molecular formula is C27H28FN3O3S. The summed E-state index contributed by atoms with van der Waals surface area (Å²) in [6, 6.07) is 15.3. The van der Waals surface area contributed by atoms with Gasteiger partial charge in [-0.05, 0) is 54.6 Å². The van der Waals surface area contributed by atoms with Gasteiger partial charge in [0.05, 0.1) is 6.42 Å². The topological polar surface area (TPSA) is 78.5 Å². The van der Waals surface area contributed by atoms with Crippen LogP contribution in [0.2, 0.25) is 0 Å². The zero-order chi connectivity index (χ0) is 24.8. The Hall–Kier alpha value is -3.52. The molecule has 0 bridgehead atoms. The smallest absolute Gasteiger partial charge is 0.248 e. The molecule has 1 aromatic heterocycles. The normalized spacial score (nSPS) is 14.3. The third kappa shape index (κ3) is 6.14. The van der Waals surface area contributed by atoms with E-state index in [1.807, 2.05) is 17.5 Å². The molecule has 3 aromatic rings. The van der Waals surface area contributed by atoms with Crippen LogP contribution in [0.25, 0.3) is 0 Å². The van der Waals surface area contributed by atoms with Crippen molar-refractivity contribution in [3.8, 4) is 0 Å².